The van der Waals surface area contributed by atoms with Gasteiger partial charge in [-0.15, -0.1) is 0 Å². The molecule has 0 aliphatic heterocycles. The van der Waals surface area contributed by atoms with Crippen molar-refractivity contribution in [2.45, 2.75) is 18.7 Å². The van der Waals surface area contributed by atoms with E-state index < -0.39 is 10.0 Å². The SMILES string of the molecule is CCNc1nc(C)c(-c2ccnc(Nc3cccc(S(=O)(=O)NC)c3)n2)s1. The Morgan fingerprint density at radius 1 is 1.19 bits per heavy atom. The third kappa shape index (κ3) is 4.41. The van der Waals surface area contributed by atoms with Crippen LogP contribution in [0.5, 0.6) is 0 Å². The Labute approximate surface area is 162 Å². The van der Waals surface area contributed by atoms with Gasteiger partial charge in [0.25, 0.3) is 0 Å². The zero-order valence-corrected chi connectivity index (χ0v) is 16.8. The molecule has 1 aromatic carbocycles. The summed E-state index contributed by atoms with van der Waals surface area (Å²) >= 11 is 1.53. The zero-order chi connectivity index (χ0) is 19.4. The number of thiazole rings is 1. The Bertz CT molecular complexity index is 1050. The third-order valence-corrected chi connectivity index (χ3v) is 6.23. The van der Waals surface area contributed by atoms with Crippen molar-refractivity contribution in [2.24, 2.45) is 0 Å². The van der Waals surface area contributed by atoms with Crippen LogP contribution in [0.4, 0.5) is 16.8 Å². The van der Waals surface area contributed by atoms with E-state index in [9.17, 15) is 8.42 Å². The van der Waals surface area contributed by atoms with E-state index in [1.165, 1.54) is 30.5 Å². The van der Waals surface area contributed by atoms with Crippen LogP contribution in [0.1, 0.15) is 12.6 Å². The molecule has 2 aromatic heterocycles. The Kier molecular flexibility index (Phi) is 5.68. The molecular weight excluding hydrogens is 384 g/mol. The fourth-order valence-electron chi connectivity index (χ4n) is 2.39. The van der Waals surface area contributed by atoms with Crippen molar-refractivity contribution in [3.05, 3.63) is 42.2 Å². The number of rotatable bonds is 7. The predicted molar refractivity (Wildman–Crippen MR) is 108 cm³/mol. The highest BCUT2D eigenvalue weighted by molar-refractivity contribution is 7.89. The maximum atomic E-state index is 12.0. The van der Waals surface area contributed by atoms with Gasteiger partial charge in [-0.05, 0) is 45.2 Å². The highest BCUT2D eigenvalue weighted by Gasteiger charge is 2.13. The molecule has 8 nitrogen and oxygen atoms in total. The molecule has 2 heterocycles. The van der Waals surface area contributed by atoms with Crippen LogP contribution in [0.3, 0.4) is 0 Å². The molecule has 0 aliphatic carbocycles. The van der Waals surface area contributed by atoms with Crippen molar-refractivity contribution in [3.63, 3.8) is 0 Å². The van der Waals surface area contributed by atoms with E-state index in [4.69, 9.17) is 0 Å². The third-order valence-electron chi connectivity index (χ3n) is 3.68. The maximum Gasteiger partial charge on any atom is 0.240 e. The van der Waals surface area contributed by atoms with Crippen LogP contribution in [-0.2, 0) is 10.0 Å². The molecule has 3 aromatic rings. The Morgan fingerprint density at radius 2 is 2.00 bits per heavy atom. The minimum Gasteiger partial charge on any atom is -0.362 e. The quantitative estimate of drug-likeness (QED) is 0.555. The topological polar surface area (TPSA) is 109 Å². The van der Waals surface area contributed by atoms with Crippen LogP contribution >= 0.6 is 11.3 Å². The molecule has 0 saturated carbocycles. The van der Waals surface area contributed by atoms with Gasteiger partial charge in [0.1, 0.15) is 0 Å². The summed E-state index contributed by atoms with van der Waals surface area (Å²) in [5.74, 6) is 0.379. The molecule has 0 atom stereocenters. The van der Waals surface area contributed by atoms with Crippen molar-refractivity contribution in [3.8, 4) is 10.6 Å². The van der Waals surface area contributed by atoms with Gasteiger partial charge in [-0.1, -0.05) is 17.4 Å². The van der Waals surface area contributed by atoms with Crippen molar-refractivity contribution >= 4 is 38.1 Å². The summed E-state index contributed by atoms with van der Waals surface area (Å²) < 4.78 is 26.2. The van der Waals surface area contributed by atoms with Crippen LogP contribution in [0, 0.1) is 6.92 Å². The van der Waals surface area contributed by atoms with Gasteiger partial charge < -0.3 is 10.6 Å². The van der Waals surface area contributed by atoms with E-state index in [2.05, 4.69) is 30.3 Å². The number of anilines is 3. The molecule has 0 fully saturated rings. The fraction of sp³-hybridized carbons (Fsp3) is 0.235. The van der Waals surface area contributed by atoms with Gasteiger partial charge in [-0.25, -0.2) is 28.1 Å². The summed E-state index contributed by atoms with van der Waals surface area (Å²) in [5.41, 5.74) is 2.23. The molecule has 0 unspecified atom stereocenters. The molecule has 142 valence electrons. The molecule has 0 saturated heterocycles. The molecule has 0 radical (unpaired) electrons. The van der Waals surface area contributed by atoms with Crippen molar-refractivity contribution < 1.29 is 8.42 Å². The van der Waals surface area contributed by atoms with Crippen molar-refractivity contribution in [2.75, 3.05) is 24.2 Å². The van der Waals surface area contributed by atoms with Crippen molar-refractivity contribution in [1.29, 1.82) is 0 Å². The van der Waals surface area contributed by atoms with E-state index in [1.807, 2.05) is 19.9 Å². The molecule has 0 spiro atoms. The lowest BCUT2D eigenvalue weighted by atomic mass is 10.3. The standard InChI is InChI=1S/C17H20N6O2S2/c1-4-19-17-21-11(2)15(26-17)14-8-9-20-16(23-14)22-12-6-5-7-13(10-12)27(24,25)18-3/h5-10,18H,4H2,1-3H3,(H,19,21)(H,20,22,23). The number of aryl methyl sites for hydroxylation is 1. The normalized spacial score (nSPS) is 11.4. The number of nitrogens with zero attached hydrogens (tertiary/aromatic N) is 3. The highest BCUT2D eigenvalue weighted by Crippen LogP contribution is 2.32. The largest absolute Gasteiger partial charge is 0.362 e. The summed E-state index contributed by atoms with van der Waals surface area (Å²) in [7, 11) is -2.14. The summed E-state index contributed by atoms with van der Waals surface area (Å²) in [6.45, 7) is 4.76. The maximum absolute atomic E-state index is 12.0. The number of nitrogens with one attached hydrogen (secondary N) is 3. The molecular formula is C17H20N6O2S2. The summed E-state index contributed by atoms with van der Waals surface area (Å²) in [6.07, 6.45) is 1.66. The van der Waals surface area contributed by atoms with Gasteiger partial charge >= 0.3 is 0 Å². The second-order valence-corrected chi connectivity index (χ2v) is 8.48. The fourth-order valence-corrected chi connectivity index (χ4v) is 4.17. The van der Waals surface area contributed by atoms with Crippen LogP contribution < -0.4 is 15.4 Å². The second kappa shape index (κ2) is 7.99. The molecule has 10 heteroatoms. The summed E-state index contributed by atoms with van der Waals surface area (Å²) in [4.78, 5) is 14.4. The number of benzene rings is 1. The lowest BCUT2D eigenvalue weighted by molar-refractivity contribution is 0.588. The smallest absolute Gasteiger partial charge is 0.240 e. The Hall–Kier alpha value is -2.56. The van der Waals surface area contributed by atoms with Gasteiger partial charge in [0.05, 0.1) is 21.2 Å². The first-order valence-corrected chi connectivity index (χ1v) is 10.6. The lowest BCUT2D eigenvalue weighted by Gasteiger charge is -2.08. The minimum atomic E-state index is -3.52. The van der Waals surface area contributed by atoms with Gasteiger partial charge in [0.15, 0.2) is 5.13 Å². The monoisotopic (exact) mass is 404 g/mol. The van der Waals surface area contributed by atoms with E-state index in [0.29, 0.717) is 11.6 Å². The van der Waals surface area contributed by atoms with Crippen LogP contribution in [-0.4, -0.2) is 37.0 Å². The molecule has 0 aliphatic rings. The molecule has 3 N–H and O–H groups in total. The summed E-state index contributed by atoms with van der Waals surface area (Å²) in [6, 6.07) is 8.29. The van der Waals surface area contributed by atoms with Crippen LogP contribution in [0.15, 0.2) is 41.4 Å². The summed E-state index contributed by atoms with van der Waals surface area (Å²) in [5, 5.41) is 7.11. The first-order valence-electron chi connectivity index (χ1n) is 8.28. The predicted octanol–water partition coefficient (Wildman–Crippen LogP) is 2.99. The van der Waals surface area contributed by atoms with E-state index in [1.54, 1.807) is 18.3 Å². The molecule has 0 amide bonds. The molecule has 3 rings (SSSR count). The van der Waals surface area contributed by atoms with Crippen molar-refractivity contribution in [1.82, 2.24) is 19.7 Å². The molecule has 27 heavy (non-hydrogen) atoms. The first kappa shape index (κ1) is 19.2. The van der Waals surface area contributed by atoms with E-state index in [0.717, 1.165) is 27.9 Å². The highest BCUT2D eigenvalue weighted by atomic mass is 32.2. The van der Waals surface area contributed by atoms with Gasteiger partial charge in [-0.3, -0.25) is 0 Å². The first-order chi connectivity index (χ1) is 12.9. The van der Waals surface area contributed by atoms with Gasteiger partial charge in [0.2, 0.25) is 16.0 Å². The Balaban J connectivity index is 1.88. The van der Waals surface area contributed by atoms with Gasteiger partial charge in [-0.2, -0.15) is 0 Å². The number of aromatic nitrogens is 3. The van der Waals surface area contributed by atoms with Crippen LogP contribution in [0.25, 0.3) is 10.6 Å². The zero-order valence-electron chi connectivity index (χ0n) is 15.1. The van der Waals surface area contributed by atoms with E-state index >= 15 is 0 Å². The Morgan fingerprint density at radius 3 is 2.74 bits per heavy atom. The minimum absolute atomic E-state index is 0.166. The van der Waals surface area contributed by atoms with Gasteiger partial charge in [0, 0.05) is 18.4 Å². The average Bonchev–Trinajstić information content (AvgIpc) is 3.03. The number of sulfonamides is 1. The average molecular weight is 405 g/mol. The van der Waals surface area contributed by atoms with Crippen LogP contribution in [0.2, 0.25) is 0 Å². The molecule has 0 bridgehead atoms. The lowest BCUT2D eigenvalue weighted by Crippen LogP contribution is -2.18. The number of hydrogen-bond acceptors (Lipinski definition) is 8. The number of hydrogen-bond donors (Lipinski definition) is 3. The second-order valence-electron chi connectivity index (χ2n) is 5.59. The van der Waals surface area contributed by atoms with E-state index in [-0.39, 0.29) is 4.90 Å².